The van der Waals surface area contributed by atoms with Gasteiger partial charge in [0.05, 0.1) is 10.6 Å². The zero-order valence-corrected chi connectivity index (χ0v) is 21.7. The third-order valence-corrected chi connectivity index (χ3v) is 8.04. The highest BCUT2D eigenvalue weighted by atomic mass is 35.5. The normalized spacial score (nSPS) is 14.3. The van der Waals surface area contributed by atoms with Gasteiger partial charge in [0.2, 0.25) is 0 Å². The Balaban J connectivity index is 1.42. The second-order valence-corrected chi connectivity index (χ2v) is 11.1. The summed E-state index contributed by atoms with van der Waals surface area (Å²) in [4.78, 5) is 15.3. The molecule has 188 valence electrons. The van der Waals surface area contributed by atoms with Crippen LogP contribution >= 0.6 is 11.6 Å². The van der Waals surface area contributed by atoms with Gasteiger partial charge < -0.3 is 0 Å². The highest BCUT2D eigenvalue weighted by molar-refractivity contribution is 7.92. The van der Waals surface area contributed by atoms with E-state index in [2.05, 4.69) is 27.6 Å². The largest absolute Gasteiger partial charge is 0.298 e. The molecule has 1 fully saturated rings. The summed E-state index contributed by atoms with van der Waals surface area (Å²) in [5.41, 5.74) is 5.96. The molecule has 9 heteroatoms. The van der Waals surface area contributed by atoms with E-state index in [9.17, 15) is 13.2 Å². The number of anilines is 1. The molecule has 0 spiro atoms. The molecule has 7 nitrogen and oxygen atoms in total. The van der Waals surface area contributed by atoms with E-state index in [0.29, 0.717) is 10.7 Å². The van der Waals surface area contributed by atoms with E-state index in [0.717, 1.165) is 48.1 Å². The molecule has 0 bridgehead atoms. The number of halogens is 1. The maximum atomic E-state index is 13.4. The van der Waals surface area contributed by atoms with Crippen LogP contribution in [0, 0.1) is 6.92 Å². The van der Waals surface area contributed by atoms with Gasteiger partial charge in [0, 0.05) is 43.2 Å². The molecular formula is C27H29ClN4O3S. The van der Waals surface area contributed by atoms with Crippen LogP contribution in [0.1, 0.15) is 24.0 Å². The molecule has 0 aliphatic carbocycles. The van der Waals surface area contributed by atoms with Crippen molar-refractivity contribution in [1.29, 1.82) is 0 Å². The fourth-order valence-corrected chi connectivity index (χ4v) is 5.61. The van der Waals surface area contributed by atoms with Gasteiger partial charge in [-0.05, 0) is 42.8 Å². The Labute approximate surface area is 217 Å². The third kappa shape index (κ3) is 6.72. The highest BCUT2D eigenvalue weighted by Gasteiger charge is 2.27. The Morgan fingerprint density at radius 1 is 1.00 bits per heavy atom. The van der Waals surface area contributed by atoms with Crippen molar-refractivity contribution in [3.8, 4) is 0 Å². The SMILES string of the molecule is Cc1ccc(S(=O)(=O)N(CC(=O)NN=C2CCN(Cc3ccccc3)CC2)c2cccc(Cl)c2)cc1. The Kier molecular flexibility index (Phi) is 8.40. The topological polar surface area (TPSA) is 82.1 Å². The van der Waals surface area contributed by atoms with Gasteiger partial charge in [-0.3, -0.25) is 14.0 Å². The molecule has 1 aliphatic rings. The predicted octanol–water partition coefficient (Wildman–Crippen LogP) is 4.61. The molecule has 0 saturated carbocycles. The molecule has 1 heterocycles. The van der Waals surface area contributed by atoms with Crippen LogP contribution in [-0.2, 0) is 21.4 Å². The summed E-state index contributed by atoms with van der Waals surface area (Å²) >= 11 is 6.12. The van der Waals surface area contributed by atoms with E-state index in [4.69, 9.17) is 11.6 Å². The van der Waals surface area contributed by atoms with Crippen LogP contribution in [0.4, 0.5) is 5.69 Å². The number of hydrogen-bond donors (Lipinski definition) is 1. The highest BCUT2D eigenvalue weighted by Crippen LogP contribution is 2.26. The van der Waals surface area contributed by atoms with E-state index in [-0.39, 0.29) is 4.90 Å². The number of aryl methyl sites for hydroxylation is 1. The summed E-state index contributed by atoms with van der Waals surface area (Å²) in [6.07, 6.45) is 1.49. The van der Waals surface area contributed by atoms with Gasteiger partial charge in [-0.15, -0.1) is 0 Å². The average molecular weight is 525 g/mol. The summed E-state index contributed by atoms with van der Waals surface area (Å²) in [5.74, 6) is -0.523. The van der Waals surface area contributed by atoms with Crippen LogP contribution in [0.2, 0.25) is 5.02 Å². The van der Waals surface area contributed by atoms with Gasteiger partial charge in [-0.25, -0.2) is 13.8 Å². The first kappa shape index (κ1) is 25.9. The summed E-state index contributed by atoms with van der Waals surface area (Å²) in [6.45, 7) is 4.03. The number of rotatable bonds is 8. The zero-order chi connectivity index (χ0) is 25.5. The quantitative estimate of drug-likeness (QED) is 0.436. The minimum atomic E-state index is -4.00. The number of piperidine rings is 1. The van der Waals surface area contributed by atoms with E-state index >= 15 is 0 Å². The molecule has 3 aromatic rings. The fourth-order valence-electron chi connectivity index (χ4n) is 4.01. The minimum Gasteiger partial charge on any atom is -0.298 e. The summed E-state index contributed by atoms with van der Waals surface area (Å²) in [6, 6.07) is 23.2. The average Bonchev–Trinajstić information content (AvgIpc) is 2.87. The molecule has 1 N–H and O–H groups in total. The van der Waals surface area contributed by atoms with E-state index < -0.39 is 22.5 Å². The van der Waals surface area contributed by atoms with Crippen LogP contribution in [0.15, 0.2) is 88.9 Å². The van der Waals surface area contributed by atoms with Gasteiger partial charge >= 0.3 is 0 Å². The number of likely N-dealkylation sites (tertiary alicyclic amines) is 1. The van der Waals surface area contributed by atoms with Crippen molar-refractivity contribution in [2.24, 2.45) is 5.10 Å². The first-order valence-corrected chi connectivity index (χ1v) is 13.6. The summed E-state index contributed by atoms with van der Waals surface area (Å²) in [5, 5.41) is 4.67. The molecule has 0 radical (unpaired) electrons. The van der Waals surface area contributed by atoms with Gasteiger partial charge in [-0.2, -0.15) is 5.10 Å². The van der Waals surface area contributed by atoms with Crippen molar-refractivity contribution >= 4 is 38.9 Å². The van der Waals surface area contributed by atoms with Crippen molar-refractivity contribution < 1.29 is 13.2 Å². The maximum Gasteiger partial charge on any atom is 0.264 e. The first-order valence-electron chi connectivity index (χ1n) is 11.8. The van der Waals surface area contributed by atoms with Crippen LogP contribution in [-0.4, -0.2) is 44.6 Å². The van der Waals surface area contributed by atoms with Crippen molar-refractivity contribution in [2.45, 2.75) is 31.2 Å². The molecule has 1 amide bonds. The van der Waals surface area contributed by atoms with Gasteiger partial charge in [0.15, 0.2) is 0 Å². The number of carbonyl (C=O) groups excluding carboxylic acids is 1. The molecule has 0 aromatic heterocycles. The number of nitrogens with one attached hydrogen (secondary N) is 1. The molecular weight excluding hydrogens is 496 g/mol. The van der Waals surface area contributed by atoms with Gasteiger partial charge in [0.1, 0.15) is 6.54 Å². The van der Waals surface area contributed by atoms with Crippen molar-refractivity contribution in [1.82, 2.24) is 10.3 Å². The van der Waals surface area contributed by atoms with Crippen molar-refractivity contribution in [2.75, 3.05) is 23.9 Å². The lowest BCUT2D eigenvalue weighted by Crippen LogP contribution is -2.40. The van der Waals surface area contributed by atoms with Crippen LogP contribution in [0.3, 0.4) is 0 Å². The lowest BCUT2D eigenvalue weighted by Gasteiger charge is -2.27. The van der Waals surface area contributed by atoms with Gasteiger partial charge in [0.25, 0.3) is 15.9 Å². The molecule has 3 aromatic carbocycles. The molecule has 1 saturated heterocycles. The Morgan fingerprint density at radius 3 is 2.36 bits per heavy atom. The molecule has 0 atom stereocenters. The van der Waals surface area contributed by atoms with Crippen LogP contribution in [0.5, 0.6) is 0 Å². The molecule has 0 unspecified atom stereocenters. The fraction of sp³-hybridized carbons (Fsp3) is 0.259. The number of carbonyl (C=O) groups is 1. The minimum absolute atomic E-state index is 0.0953. The zero-order valence-electron chi connectivity index (χ0n) is 20.1. The van der Waals surface area contributed by atoms with E-state index in [1.165, 1.54) is 23.8 Å². The smallest absolute Gasteiger partial charge is 0.264 e. The molecule has 1 aliphatic heterocycles. The lowest BCUT2D eigenvalue weighted by molar-refractivity contribution is -0.119. The number of benzene rings is 3. The summed E-state index contributed by atoms with van der Waals surface area (Å²) in [7, 11) is -4.00. The van der Waals surface area contributed by atoms with Crippen LogP contribution < -0.4 is 9.73 Å². The second kappa shape index (κ2) is 11.7. The standard InChI is InChI=1S/C27H29ClN4O3S/c1-21-10-12-26(13-11-21)36(34,35)32(25-9-5-8-23(28)18-25)20-27(33)30-29-24-14-16-31(17-15-24)19-22-6-3-2-4-7-22/h2-13,18H,14-17,19-20H2,1H3,(H,30,33). The predicted molar refractivity (Wildman–Crippen MR) is 144 cm³/mol. The van der Waals surface area contributed by atoms with Crippen molar-refractivity contribution in [3.63, 3.8) is 0 Å². The van der Waals surface area contributed by atoms with Crippen molar-refractivity contribution in [3.05, 3.63) is 95.0 Å². The lowest BCUT2D eigenvalue weighted by atomic mass is 10.1. The van der Waals surface area contributed by atoms with E-state index in [1.807, 2.05) is 25.1 Å². The number of sulfonamides is 1. The Hall–Kier alpha value is -3.20. The summed E-state index contributed by atoms with van der Waals surface area (Å²) < 4.78 is 27.9. The monoisotopic (exact) mass is 524 g/mol. The van der Waals surface area contributed by atoms with Gasteiger partial charge in [-0.1, -0.05) is 65.7 Å². The third-order valence-electron chi connectivity index (χ3n) is 6.01. The number of hydrazone groups is 1. The molecule has 36 heavy (non-hydrogen) atoms. The second-order valence-electron chi connectivity index (χ2n) is 8.78. The Morgan fingerprint density at radius 2 is 1.69 bits per heavy atom. The van der Waals surface area contributed by atoms with Crippen LogP contribution in [0.25, 0.3) is 0 Å². The maximum absolute atomic E-state index is 13.4. The number of hydrogen-bond acceptors (Lipinski definition) is 5. The number of nitrogens with zero attached hydrogens (tertiary/aromatic N) is 3. The number of amides is 1. The van der Waals surface area contributed by atoms with E-state index in [1.54, 1.807) is 30.3 Å². The molecule has 4 rings (SSSR count). The first-order chi connectivity index (χ1) is 17.3. The Bertz CT molecular complexity index is 1320.